The van der Waals surface area contributed by atoms with Gasteiger partial charge in [0.2, 0.25) is 0 Å². The molecule has 5 nitrogen and oxygen atoms in total. The van der Waals surface area contributed by atoms with Crippen LogP contribution in [-0.2, 0) is 4.79 Å². The van der Waals surface area contributed by atoms with Crippen LogP contribution in [0, 0.1) is 11.6 Å². The maximum Gasteiger partial charge on any atom is 0.305 e. The molecule has 0 atom stereocenters. The first-order valence-corrected chi connectivity index (χ1v) is 6.13. The zero-order chi connectivity index (χ0) is 15.4. The molecule has 0 fully saturated rings. The molecule has 4 N–H and O–H groups in total. The fourth-order valence-corrected chi connectivity index (χ4v) is 1.88. The molecule has 0 amide bonds. The van der Waals surface area contributed by atoms with Crippen LogP contribution < -0.4 is 5.73 Å². The number of halogens is 2. The average molecular weight is 309 g/mol. The highest BCUT2D eigenvalue weighted by atomic mass is 19.2. The van der Waals surface area contributed by atoms with Crippen LogP contribution in [0.1, 0.15) is 19.4 Å². The summed E-state index contributed by atoms with van der Waals surface area (Å²) in [5, 5.41) is 8.99. The molecule has 22 heavy (non-hydrogen) atoms. The third kappa shape index (κ3) is 3.69. The summed E-state index contributed by atoms with van der Waals surface area (Å²) in [6, 6.07) is 2.13. The Morgan fingerprint density at radius 1 is 1.36 bits per heavy atom. The molecule has 0 aliphatic rings. The smallest absolute Gasteiger partial charge is 0.305 e. The number of aromatic nitrogens is 1. The zero-order valence-electron chi connectivity index (χ0n) is 10.9. The van der Waals surface area contributed by atoms with Crippen LogP contribution >= 0.6 is 0 Å². The van der Waals surface area contributed by atoms with Crippen LogP contribution in [0.3, 0.4) is 0 Å². The predicted octanol–water partition coefficient (Wildman–Crippen LogP) is 2.93. The molecule has 2 rings (SSSR count). The van der Waals surface area contributed by atoms with E-state index in [2.05, 4.69) is 9.98 Å². The Kier molecular flexibility index (Phi) is 5.80. The molecule has 0 saturated carbocycles. The van der Waals surface area contributed by atoms with Gasteiger partial charge in [-0.15, -0.1) is 0 Å². The summed E-state index contributed by atoms with van der Waals surface area (Å²) in [6.45, 7) is 0.109. The van der Waals surface area contributed by atoms with E-state index in [1.165, 1.54) is 12.4 Å². The second-order valence-corrected chi connectivity index (χ2v) is 4.32. The van der Waals surface area contributed by atoms with Crippen molar-refractivity contribution in [3.05, 3.63) is 41.7 Å². The van der Waals surface area contributed by atoms with E-state index in [1.54, 1.807) is 6.20 Å². The highest BCUT2D eigenvalue weighted by Gasteiger charge is 2.11. The highest BCUT2D eigenvalue weighted by molar-refractivity contribution is 6.14. The monoisotopic (exact) mass is 309 g/mol. The molecule has 7 heteroatoms. The molecular weight excluding hydrogens is 292 g/mol. The molecule has 1 aromatic carbocycles. The zero-order valence-corrected chi connectivity index (χ0v) is 10.9. The van der Waals surface area contributed by atoms with Crippen molar-refractivity contribution in [1.82, 2.24) is 4.98 Å². The lowest BCUT2D eigenvalue weighted by atomic mass is 10.1. The number of fused-ring (bicyclic) bond motifs is 1. The second kappa shape index (κ2) is 7.35. The summed E-state index contributed by atoms with van der Waals surface area (Å²) < 4.78 is 26.5. The van der Waals surface area contributed by atoms with E-state index in [1.807, 2.05) is 0 Å². The molecule has 0 aliphatic carbocycles. The van der Waals surface area contributed by atoms with Crippen molar-refractivity contribution in [3.8, 4) is 0 Å². The normalized spacial score (nSPS) is 11.8. The number of carboxylic acids is 1. The number of H-pyrrole nitrogens is 1. The fourth-order valence-electron chi connectivity index (χ4n) is 1.88. The first kappa shape index (κ1) is 17.4. The van der Waals surface area contributed by atoms with Crippen LogP contribution in [0.15, 0.2) is 29.5 Å². The first-order valence-electron chi connectivity index (χ1n) is 6.13. The van der Waals surface area contributed by atoms with E-state index >= 15 is 0 Å². The number of aromatic amines is 1. The molecule has 118 valence electrons. The van der Waals surface area contributed by atoms with Crippen molar-refractivity contribution >= 4 is 28.7 Å². The van der Waals surface area contributed by atoms with Gasteiger partial charge in [0.1, 0.15) is 0 Å². The minimum atomic E-state index is -0.956. The van der Waals surface area contributed by atoms with Crippen LogP contribution in [-0.4, -0.2) is 28.8 Å². The number of allylic oxidation sites excluding steroid dienone is 1. The quantitative estimate of drug-likeness (QED) is 0.742. The van der Waals surface area contributed by atoms with Crippen LogP contribution in [0.2, 0.25) is 0 Å². The van der Waals surface area contributed by atoms with Gasteiger partial charge in [0.25, 0.3) is 0 Å². The van der Waals surface area contributed by atoms with Crippen molar-refractivity contribution in [3.63, 3.8) is 0 Å². The van der Waals surface area contributed by atoms with E-state index in [-0.39, 0.29) is 20.4 Å². The molecule has 0 radical (unpaired) electrons. The molecule has 0 spiro atoms. The van der Waals surface area contributed by atoms with Gasteiger partial charge in [-0.25, -0.2) is 8.78 Å². The van der Waals surface area contributed by atoms with E-state index < -0.39 is 17.6 Å². The molecule has 1 heterocycles. The Balaban J connectivity index is 0.00000242. The second-order valence-electron chi connectivity index (χ2n) is 4.32. The average Bonchev–Trinajstić information content (AvgIpc) is 2.82. The summed E-state index contributed by atoms with van der Waals surface area (Å²) in [7, 11) is 0. The molecule has 0 aliphatic heterocycles. The molecule has 2 aromatic rings. The Morgan fingerprint density at radius 2 is 2.05 bits per heavy atom. The third-order valence-electron chi connectivity index (χ3n) is 2.90. The van der Waals surface area contributed by atoms with E-state index in [0.29, 0.717) is 22.0 Å². The summed E-state index contributed by atoms with van der Waals surface area (Å²) in [5.41, 5.74) is 6.99. The Bertz CT molecular complexity index is 736. The maximum atomic E-state index is 13.3. The van der Waals surface area contributed by atoms with E-state index in [4.69, 9.17) is 10.8 Å². The Labute approximate surface area is 126 Å². The Hall–Kier alpha value is -2.70. The standard InChI is InChI=1S/C14H13F2N3O2.CH4/c15-11-3-9-10(7-19-13(9)4-12(11)16)8(5-17)6-18-2-1-14(20)21;/h3-7,19H,1-2,17H2,(H,20,21);1H4. The predicted molar refractivity (Wildman–Crippen MR) is 82.7 cm³/mol. The van der Waals surface area contributed by atoms with Gasteiger partial charge in [0.15, 0.2) is 11.6 Å². The molecule has 0 unspecified atom stereocenters. The van der Waals surface area contributed by atoms with Gasteiger partial charge in [0.05, 0.1) is 6.42 Å². The number of hydrogen-bond donors (Lipinski definition) is 3. The number of aliphatic imine (C=N–C) groups is 1. The summed E-state index contributed by atoms with van der Waals surface area (Å²) in [5.74, 6) is -2.85. The lowest BCUT2D eigenvalue weighted by Gasteiger charge is -2.00. The van der Waals surface area contributed by atoms with Crippen molar-refractivity contribution in [2.75, 3.05) is 6.54 Å². The number of rotatable bonds is 5. The molecule has 0 saturated heterocycles. The summed E-state index contributed by atoms with van der Waals surface area (Å²) >= 11 is 0. The summed E-state index contributed by atoms with van der Waals surface area (Å²) in [6.07, 6.45) is 4.15. The summed E-state index contributed by atoms with van der Waals surface area (Å²) in [4.78, 5) is 17.2. The Morgan fingerprint density at radius 3 is 2.68 bits per heavy atom. The number of benzene rings is 1. The SMILES string of the molecule is C.NC=C(C=NCCC(=O)O)c1c[nH]c2cc(F)c(F)cc12. The molecular formula is C15H17F2N3O2. The minimum absolute atomic E-state index is 0. The third-order valence-corrected chi connectivity index (χ3v) is 2.90. The largest absolute Gasteiger partial charge is 0.481 e. The topological polar surface area (TPSA) is 91.5 Å². The number of hydrogen-bond acceptors (Lipinski definition) is 3. The van der Waals surface area contributed by atoms with E-state index in [0.717, 1.165) is 12.1 Å². The highest BCUT2D eigenvalue weighted by Crippen LogP contribution is 2.25. The van der Waals surface area contributed by atoms with Gasteiger partial charge in [0, 0.05) is 53.3 Å². The fraction of sp³-hybridized carbons (Fsp3) is 0.200. The van der Waals surface area contributed by atoms with E-state index in [9.17, 15) is 13.6 Å². The van der Waals surface area contributed by atoms with Crippen molar-refractivity contribution in [2.24, 2.45) is 10.7 Å². The molecule has 1 aromatic heterocycles. The minimum Gasteiger partial charge on any atom is -0.481 e. The number of carboxylic acid groups (broad SMARTS) is 1. The van der Waals surface area contributed by atoms with Crippen LogP contribution in [0.25, 0.3) is 16.5 Å². The number of aliphatic carboxylic acids is 1. The van der Waals surface area contributed by atoms with Crippen molar-refractivity contribution in [1.29, 1.82) is 0 Å². The molecule has 0 bridgehead atoms. The van der Waals surface area contributed by atoms with Crippen molar-refractivity contribution in [2.45, 2.75) is 13.8 Å². The van der Waals surface area contributed by atoms with Crippen LogP contribution in [0.5, 0.6) is 0 Å². The van der Waals surface area contributed by atoms with Gasteiger partial charge >= 0.3 is 5.97 Å². The lowest BCUT2D eigenvalue weighted by Crippen LogP contribution is -1.98. The van der Waals surface area contributed by atoms with Gasteiger partial charge in [-0.05, 0) is 6.07 Å². The number of nitrogens with two attached hydrogens (primary N) is 1. The van der Waals surface area contributed by atoms with Gasteiger partial charge in [-0.3, -0.25) is 9.79 Å². The van der Waals surface area contributed by atoms with Crippen molar-refractivity contribution < 1.29 is 18.7 Å². The number of nitrogens with one attached hydrogen (secondary N) is 1. The van der Waals surface area contributed by atoms with Gasteiger partial charge in [-0.2, -0.15) is 0 Å². The van der Waals surface area contributed by atoms with Gasteiger partial charge in [-0.1, -0.05) is 7.43 Å². The number of nitrogens with zero attached hydrogens (tertiary/aromatic N) is 1. The number of carbonyl (C=O) groups is 1. The maximum absolute atomic E-state index is 13.3. The van der Waals surface area contributed by atoms with Crippen LogP contribution in [0.4, 0.5) is 8.78 Å². The lowest BCUT2D eigenvalue weighted by molar-refractivity contribution is -0.136. The first-order chi connectivity index (χ1) is 10.0. The van der Waals surface area contributed by atoms with Gasteiger partial charge < -0.3 is 15.8 Å².